The van der Waals surface area contributed by atoms with Gasteiger partial charge in [-0.2, -0.15) is 0 Å². The standard InChI is InChI=1S/C11H23N3O3S/c1-11(2,3)9-18(16,17)13-8-10(15)14-6-4-12-5-7-14/h12-13H,4-9H2,1-3H3. The second kappa shape index (κ2) is 5.99. The monoisotopic (exact) mass is 277 g/mol. The van der Waals surface area contributed by atoms with Gasteiger partial charge in [0.25, 0.3) is 0 Å². The van der Waals surface area contributed by atoms with Gasteiger partial charge in [0.15, 0.2) is 0 Å². The summed E-state index contributed by atoms with van der Waals surface area (Å²) >= 11 is 0. The number of sulfonamides is 1. The number of rotatable bonds is 4. The largest absolute Gasteiger partial charge is 0.339 e. The van der Waals surface area contributed by atoms with Crippen molar-refractivity contribution >= 4 is 15.9 Å². The number of carbonyl (C=O) groups is 1. The van der Waals surface area contributed by atoms with E-state index in [1.54, 1.807) is 4.90 Å². The van der Waals surface area contributed by atoms with Gasteiger partial charge in [-0.3, -0.25) is 4.79 Å². The zero-order valence-corrected chi connectivity index (χ0v) is 12.1. The molecule has 1 saturated heterocycles. The number of nitrogens with zero attached hydrogens (tertiary/aromatic N) is 1. The lowest BCUT2D eigenvalue weighted by molar-refractivity contribution is -0.130. The lowest BCUT2D eigenvalue weighted by atomic mass is 10.0. The first-order chi connectivity index (χ1) is 8.20. The van der Waals surface area contributed by atoms with E-state index in [1.165, 1.54) is 0 Å². The summed E-state index contributed by atoms with van der Waals surface area (Å²) < 4.78 is 25.9. The molecule has 0 aromatic carbocycles. The zero-order chi connectivity index (χ0) is 13.8. The van der Waals surface area contributed by atoms with Gasteiger partial charge in [0.05, 0.1) is 12.3 Å². The Balaban J connectivity index is 2.42. The Kier molecular flexibility index (Phi) is 5.12. The van der Waals surface area contributed by atoms with Crippen molar-refractivity contribution in [1.29, 1.82) is 0 Å². The number of piperazine rings is 1. The Morgan fingerprint density at radius 3 is 2.33 bits per heavy atom. The summed E-state index contributed by atoms with van der Waals surface area (Å²) in [5.74, 6) is -0.136. The Hall–Kier alpha value is -0.660. The number of hydrogen-bond donors (Lipinski definition) is 2. The van der Waals surface area contributed by atoms with Gasteiger partial charge in [-0.05, 0) is 5.41 Å². The third-order valence-electron chi connectivity index (χ3n) is 2.54. The van der Waals surface area contributed by atoms with Crippen LogP contribution in [0.3, 0.4) is 0 Å². The highest BCUT2D eigenvalue weighted by Crippen LogP contribution is 2.15. The number of amides is 1. The van der Waals surface area contributed by atoms with E-state index in [2.05, 4.69) is 10.0 Å². The van der Waals surface area contributed by atoms with Crippen LogP contribution in [0.15, 0.2) is 0 Å². The number of carbonyl (C=O) groups excluding carboxylic acids is 1. The molecule has 0 atom stereocenters. The summed E-state index contributed by atoms with van der Waals surface area (Å²) in [7, 11) is -3.39. The van der Waals surface area contributed by atoms with Crippen LogP contribution in [0.5, 0.6) is 0 Å². The van der Waals surface area contributed by atoms with Crippen molar-refractivity contribution in [2.24, 2.45) is 5.41 Å². The molecule has 0 spiro atoms. The van der Waals surface area contributed by atoms with Crippen molar-refractivity contribution < 1.29 is 13.2 Å². The van der Waals surface area contributed by atoms with E-state index in [9.17, 15) is 13.2 Å². The SMILES string of the molecule is CC(C)(C)CS(=O)(=O)NCC(=O)N1CCNCC1. The summed E-state index contributed by atoms with van der Waals surface area (Å²) in [6.07, 6.45) is 0. The van der Waals surface area contributed by atoms with Gasteiger partial charge in [0, 0.05) is 26.2 Å². The third-order valence-corrected chi connectivity index (χ3v) is 4.37. The first-order valence-corrected chi connectivity index (χ1v) is 7.81. The van der Waals surface area contributed by atoms with Crippen LogP contribution < -0.4 is 10.0 Å². The topological polar surface area (TPSA) is 78.5 Å². The van der Waals surface area contributed by atoms with Crippen LogP contribution >= 0.6 is 0 Å². The van der Waals surface area contributed by atoms with Crippen LogP contribution in [0.2, 0.25) is 0 Å². The number of hydrogen-bond acceptors (Lipinski definition) is 4. The molecular formula is C11H23N3O3S. The van der Waals surface area contributed by atoms with Crippen LogP contribution in [0.25, 0.3) is 0 Å². The molecule has 0 aromatic heterocycles. The molecule has 6 nitrogen and oxygen atoms in total. The zero-order valence-electron chi connectivity index (χ0n) is 11.3. The highest BCUT2D eigenvalue weighted by molar-refractivity contribution is 7.89. The molecule has 0 bridgehead atoms. The van der Waals surface area contributed by atoms with Crippen LogP contribution in [-0.2, 0) is 14.8 Å². The van der Waals surface area contributed by atoms with Crippen molar-refractivity contribution in [2.45, 2.75) is 20.8 Å². The lowest BCUT2D eigenvalue weighted by Crippen LogP contribution is -2.50. The van der Waals surface area contributed by atoms with Crippen molar-refractivity contribution in [2.75, 3.05) is 38.5 Å². The fourth-order valence-corrected chi connectivity index (χ4v) is 3.40. The first-order valence-electron chi connectivity index (χ1n) is 6.15. The van der Waals surface area contributed by atoms with E-state index in [0.29, 0.717) is 13.1 Å². The van der Waals surface area contributed by atoms with Gasteiger partial charge in [-0.1, -0.05) is 20.8 Å². The second-order valence-corrected chi connectivity index (χ2v) is 7.58. The minimum Gasteiger partial charge on any atom is -0.339 e. The molecule has 1 amide bonds. The van der Waals surface area contributed by atoms with E-state index < -0.39 is 10.0 Å². The quantitative estimate of drug-likeness (QED) is 0.718. The predicted molar refractivity (Wildman–Crippen MR) is 70.7 cm³/mol. The van der Waals surface area contributed by atoms with Crippen molar-refractivity contribution in [3.63, 3.8) is 0 Å². The summed E-state index contributed by atoms with van der Waals surface area (Å²) in [6, 6.07) is 0. The molecule has 1 fully saturated rings. The Morgan fingerprint density at radius 2 is 1.83 bits per heavy atom. The molecule has 2 N–H and O–H groups in total. The van der Waals surface area contributed by atoms with Gasteiger partial charge in [0.1, 0.15) is 0 Å². The highest BCUT2D eigenvalue weighted by atomic mass is 32.2. The molecule has 0 unspecified atom stereocenters. The Bertz CT molecular complexity index is 381. The van der Waals surface area contributed by atoms with Gasteiger partial charge in [-0.15, -0.1) is 0 Å². The maximum absolute atomic E-state index is 11.8. The molecular weight excluding hydrogens is 254 g/mol. The Morgan fingerprint density at radius 1 is 1.28 bits per heavy atom. The van der Waals surface area contributed by atoms with E-state index in [0.717, 1.165) is 13.1 Å². The van der Waals surface area contributed by atoms with E-state index >= 15 is 0 Å². The van der Waals surface area contributed by atoms with Crippen LogP contribution in [0.1, 0.15) is 20.8 Å². The highest BCUT2D eigenvalue weighted by Gasteiger charge is 2.23. The first kappa shape index (κ1) is 15.4. The van der Waals surface area contributed by atoms with Gasteiger partial charge in [-0.25, -0.2) is 13.1 Å². The molecule has 1 heterocycles. The summed E-state index contributed by atoms with van der Waals surface area (Å²) in [4.78, 5) is 13.5. The average Bonchev–Trinajstić information content (AvgIpc) is 2.24. The van der Waals surface area contributed by atoms with Gasteiger partial charge in [0.2, 0.25) is 15.9 Å². The maximum Gasteiger partial charge on any atom is 0.237 e. The van der Waals surface area contributed by atoms with Crippen LogP contribution in [-0.4, -0.2) is 57.7 Å². The van der Waals surface area contributed by atoms with Crippen molar-refractivity contribution in [3.8, 4) is 0 Å². The molecule has 18 heavy (non-hydrogen) atoms. The van der Waals surface area contributed by atoms with Crippen LogP contribution in [0, 0.1) is 5.41 Å². The molecule has 1 aliphatic rings. The molecule has 0 aliphatic carbocycles. The van der Waals surface area contributed by atoms with E-state index in [-0.39, 0.29) is 23.6 Å². The molecule has 1 aliphatic heterocycles. The summed E-state index contributed by atoms with van der Waals surface area (Å²) in [6.45, 7) is 8.22. The van der Waals surface area contributed by atoms with E-state index in [1.807, 2.05) is 20.8 Å². The molecule has 0 radical (unpaired) electrons. The fourth-order valence-electron chi connectivity index (χ4n) is 1.82. The molecule has 0 saturated carbocycles. The lowest BCUT2D eigenvalue weighted by Gasteiger charge is -2.27. The minimum atomic E-state index is -3.39. The third kappa shape index (κ3) is 5.79. The average molecular weight is 277 g/mol. The summed E-state index contributed by atoms with van der Waals surface area (Å²) in [5.41, 5.74) is -0.316. The Labute approximate surface area is 109 Å². The van der Waals surface area contributed by atoms with Gasteiger partial charge >= 0.3 is 0 Å². The predicted octanol–water partition coefficient (Wildman–Crippen LogP) is -0.616. The molecule has 1 rings (SSSR count). The van der Waals surface area contributed by atoms with E-state index in [4.69, 9.17) is 0 Å². The fraction of sp³-hybridized carbons (Fsp3) is 0.909. The minimum absolute atomic E-state index is 0.0227. The molecule has 7 heteroatoms. The normalized spacial score (nSPS) is 17.8. The second-order valence-electron chi connectivity index (χ2n) is 5.77. The molecule has 106 valence electrons. The van der Waals surface area contributed by atoms with Crippen molar-refractivity contribution in [1.82, 2.24) is 14.9 Å². The number of nitrogens with one attached hydrogen (secondary N) is 2. The van der Waals surface area contributed by atoms with Crippen molar-refractivity contribution in [3.05, 3.63) is 0 Å². The maximum atomic E-state index is 11.8. The molecule has 0 aromatic rings. The van der Waals surface area contributed by atoms with Crippen LogP contribution in [0.4, 0.5) is 0 Å². The van der Waals surface area contributed by atoms with Gasteiger partial charge < -0.3 is 10.2 Å². The smallest absolute Gasteiger partial charge is 0.237 e. The summed E-state index contributed by atoms with van der Waals surface area (Å²) in [5, 5.41) is 3.14.